The van der Waals surface area contributed by atoms with E-state index in [1.165, 1.54) is 17.4 Å². The molecule has 0 fully saturated rings. The van der Waals surface area contributed by atoms with Crippen molar-refractivity contribution in [2.24, 2.45) is 0 Å². The molecule has 0 bridgehead atoms. The highest BCUT2D eigenvalue weighted by atomic mass is 32.1. The average molecular weight is 345 g/mol. The van der Waals surface area contributed by atoms with Crippen LogP contribution in [0.4, 0.5) is 14.3 Å². The van der Waals surface area contributed by atoms with Gasteiger partial charge in [0.15, 0.2) is 5.13 Å². The van der Waals surface area contributed by atoms with Crippen molar-refractivity contribution in [3.8, 4) is 5.69 Å². The number of urea groups is 1. The molecule has 2 aromatic heterocycles. The molecule has 3 aromatic rings. The van der Waals surface area contributed by atoms with Crippen LogP contribution in [0, 0.1) is 12.7 Å². The maximum atomic E-state index is 14.4. The van der Waals surface area contributed by atoms with Gasteiger partial charge in [0.2, 0.25) is 0 Å². The highest BCUT2D eigenvalue weighted by Crippen LogP contribution is 2.21. The Kier molecular flexibility index (Phi) is 4.57. The lowest BCUT2D eigenvalue weighted by molar-refractivity contribution is 0.249. The van der Waals surface area contributed by atoms with E-state index in [4.69, 9.17) is 0 Å². The number of anilines is 1. The van der Waals surface area contributed by atoms with Crippen LogP contribution in [0.3, 0.4) is 0 Å². The van der Waals surface area contributed by atoms with Gasteiger partial charge in [-0.05, 0) is 31.5 Å². The van der Waals surface area contributed by atoms with E-state index >= 15 is 0 Å². The summed E-state index contributed by atoms with van der Waals surface area (Å²) in [5.41, 5.74) is 1.09. The van der Waals surface area contributed by atoms with Crippen LogP contribution in [-0.2, 0) is 0 Å². The summed E-state index contributed by atoms with van der Waals surface area (Å²) in [6.07, 6.45) is 4.93. The summed E-state index contributed by atoms with van der Waals surface area (Å²) in [7, 11) is 0. The summed E-state index contributed by atoms with van der Waals surface area (Å²) in [5.74, 6) is 0.332. The Labute approximate surface area is 142 Å². The van der Waals surface area contributed by atoms with Crippen LogP contribution in [0.5, 0.6) is 0 Å². The molecule has 0 aliphatic carbocycles. The van der Waals surface area contributed by atoms with Gasteiger partial charge in [-0.3, -0.25) is 5.32 Å². The van der Waals surface area contributed by atoms with Crippen LogP contribution in [0.1, 0.15) is 24.4 Å². The number of halogens is 1. The van der Waals surface area contributed by atoms with Crippen LogP contribution in [0.15, 0.2) is 42.2 Å². The minimum absolute atomic E-state index is 0.350. The monoisotopic (exact) mass is 345 g/mol. The minimum Gasteiger partial charge on any atom is -0.331 e. The lowest BCUT2D eigenvalue weighted by Crippen LogP contribution is -2.31. The first kappa shape index (κ1) is 16.1. The zero-order valence-electron chi connectivity index (χ0n) is 13.2. The predicted octanol–water partition coefficient (Wildman–Crippen LogP) is 3.66. The number of amides is 2. The van der Waals surface area contributed by atoms with Crippen LogP contribution >= 0.6 is 11.3 Å². The number of nitrogens with one attached hydrogen (secondary N) is 2. The molecule has 3 rings (SSSR count). The van der Waals surface area contributed by atoms with Gasteiger partial charge in [-0.15, -0.1) is 11.3 Å². The number of aryl methyl sites for hydroxylation is 1. The van der Waals surface area contributed by atoms with Crippen molar-refractivity contribution >= 4 is 22.5 Å². The Balaban J connectivity index is 1.71. The maximum absolute atomic E-state index is 14.4. The van der Waals surface area contributed by atoms with Gasteiger partial charge in [0.25, 0.3) is 0 Å². The number of thiazole rings is 1. The number of aromatic nitrogens is 3. The molecule has 0 aliphatic heterocycles. The standard InChI is InChI=1S/C16H16FN5OS/c1-10(20-15(23)21-16-19-6-8-24-16)12-3-4-14(13(17)9-12)22-7-5-18-11(22)2/h3-10H,1-2H3,(H2,19,20,21,23). The van der Waals surface area contributed by atoms with E-state index in [2.05, 4.69) is 20.6 Å². The number of nitrogens with zero attached hydrogens (tertiary/aromatic N) is 3. The van der Waals surface area contributed by atoms with E-state index in [-0.39, 0.29) is 17.9 Å². The number of hydrogen-bond acceptors (Lipinski definition) is 4. The van der Waals surface area contributed by atoms with E-state index in [1.54, 1.807) is 54.5 Å². The fourth-order valence-electron chi connectivity index (χ4n) is 2.32. The van der Waals surface area contributed by atoms with E-state index in [0.29, 0.717) is 22.2 Å². The first-order valence-corrected chi connectivity index (χ1v) is 8.19. The van der Waals surface area contributed by atoms with Gasteiger partial charge >= 0.3 is 6.03 Å². The quantitative estimate of drug-likeness (QED) is 0.758. The fraction of sp³-hybridized carbons (Fsp3) is 0.188. The lowest BCUT2D eigenvalue weighted by atomic mass is 10.1. The fourth-order valence-corrected chi connectivity index (χ4v) is 2.84. The summed E-state index contributed by atoms with van der Waals surface area (Å²) in [4.78, 5) is 20.0. The summed E-state index contributed by atoms with van der Waals surface area (Å²) in [6.45, 7) is 3.60. The summed E-state index contributed by atoms with van der Waals surface area (Å²) in [6, 6.07) is 4.15. The molecule has 0 spiro atoms. The normalized spacial score (nSPS) is 12.0. The zero-order valence-corrected chi connectivity index (χ0v) is 14.0. The van der Waals surface area contributed by atoms with Gasteiger partial charge in [-0.2, -0.15) is 0 Å². The van der Waals surface area contributed by atoms with Gasteiger partial charge in [0.1, 0.15) is 11.6 Å². The van der Waals surface area contributed by atoms with E-state index in [9.17, 15) is 9.18 Å². The minimum atomic E-state index is -0.382. The second-order valence-corrected chi connectivity index (χ2v) is 6.11. The molecule has 1 atom stereocenters. The smallest absolute Gasteiger partial charge is 0.321 e. The highest BCUT2D eigenvalue weighted by molar-refractivity contribution is 7.13. The SMILES string of the molecule is Cc1nccn1-c1ccc(C(C)NC(=O)Nc2nccs2)cc1F. The van der Waals surface area contributed by atoms with E-state index in [1.807, 2.05) is 0 Å². The molecule has 1 aromatic carbocycles. The average Bonchev–Trinajstić information content (AvgIpc) is 3.19. The molecule has 1 unspecified atom stereocenters. The number of hydrogen-bond donors (Lipinski definition) is 2. The molecule has 6 nitrogen and oxygen atoms in total. The highest BCUT2D eigenvalue weighted by Gasteiger charge is 2.14. The van der Waals surface area contributed by atoms with Gasteiger partial charge in [-0.25, -0.2) is 19.2 Å². The number of carbonyl (C=O) groups excluding carboxylic acids is 1. The predicted molar refractivity (Wildman–Crippen MR) is 90.9 cm³/mol. The first-order chi connectivity index (χ1) is 11.5. The first-order valence-electron chi connectivity index (χ1n) is 7.31. The molecule has 0 saturated heterocycles. The molecule has 24 heavy (non-hydrogen) atoms. The van der Waals surface area contributed by atoms with Crippen molar-refractivity contribution in [1.29, 1.82) is 0 Å². The Bertz CT molecular complexity index is 846. The lowest BCUT2D eigenvalue weighted by Gasteiger charge is -2.16. The summed E-state index contributed by atoms with van der Waals surface area (Å²) >= 11 is 1.33. The van der Waals surface area contributed by atoms with Crippen molar-refractivity contribution in [1.82, 2.24) is 19.9 Å². The van der Waals surface area contributed by atoms with Crippen molar-refractivity contribution in [3.63, 3.8) is 0 Å². The Morgan fingerprint density at radius 3 is 2.79 bits per heavy atom. The van der Waals surface area contributed by atoms with Crippen molar-refractivity contribution in [2.75, 3.05) is 5.32 Å². The second-order valence-electron chi connectivity index (χ2n) is 5.21. The Hall–Kier alpha value is -2.74. The number of benzene rings is 1. The molecular weight excluding hydrogens is 329 g/mol. The molecule has 0 aliphatic rings. The van der Waals surface area contributed by atoms with Crippen LogP contribution in [0.25, 0.3) is 5.69 Å². The maximum Gasteiger partial charge on any atom is 0.321 e. The third-order valence-electron chi connectivity index (χ3n) is 3.56. The van der Waals surface area contributed by atoms with Crippen molar-refractivity contribution in [3.05, 3.63) is 59.4 Å². The molecule has 0 saturated carbocycles. The summed E-state index contributed by atoms with van der Waals surface area (Å²) < 4.78 is 16.1. The number of carbonyl (C=O) groups is 1. The number of imidazole rings is 1. The van der Waals surface area contributed by atoms with E-state index in [0.717, 1.165) is 0 Å². The molecule has 124 valence electrons. The third-order valence-corrected chi connectivity index (χ3v) is 4.25. The largest absolute Gasteiger partial charge is 0.331 e. The van der Waals surface area contributed by atoms with E-state index < -0.39 is 0 Å². The van der Waals surface area contributed by atoms with Crippen LogP contribution in [0.2, 0.25) is 0 Å². The molecule has 2 heterocycles. The van der Waals surface area contributed by atoms with Crippen LogP contribution in [-0.4, -0.2) is 20.6 Å². The molecule has 2 N–H and O–H groups in total. The summed E-state index contributed by atoms with van der Waals surface area (Å²) in [5, 5.41) is 7.67. The molecule has 2 amide bonds. The molecule has 0 radical (unpaired) electrons. The topological polar surface area (TPSA) is 71.8 Å². The number of rotatable bonds is 4. The van der Waals surface area contributed by atoms with Crippen molar-refractivity contribution in [2.45, 2.75) is 19.9 Å². The third kappa shape index (κ3) is 3.43. The van der Waals surface area contributed by atoms with Gasteiger partial charge in [0, 0.05) is 24.0 Å². The zero-order chi connectivity index (χ0) is 17.1. The van der Waals surface area contributed by atoms with Gasteiger partial charge in [0.05, 0.1) is 11.7 Å². The Morgan fingerprint density at radius 2 is 2.17 bits per heavy atom. The second kappa shape index (κ2) is 6.79. The van der Waals surface area contributed by atoms with Gasteiger partial charge in [-0.1, -0.05) is 6.07 Å². The molecular formula is C16H16FN5OS. The molecule has 8 heteroatoms. The van der Waals surface area contributed by atoms with Crippen LogP contribution < -0.4 is 10.6 Å². The Morgan fingerprint density at radius 1 is 1.33 bits per heavy atom. The van der Waals surface area contributed by atoms with Gasteiger partial charge < -0.3 is 9.88 Å². The van der Waals surface area contributed by atoms with Crippen molar-refractivity contribution < 1.29 is 9.18 Å².